The molecule has 0 saturated heterocycles. The number of nitrogen functional groups attached to an aromatic ring is 1. The number of nitrogens with zero attached hydrogens (tertiary/aromatic N) is 2. The molecule has 1 atom stereocenters. The van der Waals surface area contributed by atoms with Gasteiger partial charge < -0.3 is 15.8 Å². The van der Waals surface area contributed by atoms with Crippen LogP contribution >= 0.6 is 0 Å². The highest BCUT2D eigenvalue weighted by Gasteiger charge is 2.07. The van der Waals surface area contributed by atoms with Gasteiger partial charge in [0.2, 0.25) is 0 Å². The van der Waals surface area contributed by atoms with Crippen molar-refractivity contribution in [3.05, 3.63) is 17.8 Å². The summed E-state index contributed by atoms with van der Waals surface area (Å²) < 4.78 is 5.08. The fourth-order valence-corrected chi connectivity index (χ4v) is 1.00. The molecule has 15 heavy (non-hydrogen) atoms. The monoisotopic (exact) mass is 209 g/mol. The summed E-state index contributed by atoms with van der Waals surface area (Å²) in [7, 11) is 1.63. The van der Waals surface area contributed by atoms with Gasteiger partial charge in [0, 0.05) is 13.7 Å². The maximum Gasteiger partial charge on any atom is 0.159 e. The Morgan fingerprint density at radius 1 is 1.73 bits per heavy atom. The average molecular weight is 209 g/mol. The van der Waals surface area contributed by atoms with Crippen LogP contribution in [0.3, 0.4) is 0 Å². The molecular weight excluding hydrogens is 194 g/mol. The van der Waals surface area contributed by atoms with Crippen molar-refractivity contribution in [1.29, 1.82) is 5.41 Å². The summed E-state index contributed by atoms with van der Waals surface area (Å²) in [5, 5.41) is 18.0. The van der Waals surface area contributed by atoms with E-state index in [9.17, 15) is 0 Å². The number of ether oxygens (including phenoxy) is 1. The fraction of sp³-hybridized carbons (Fsp3) is 0.444. The maximum atomic E-state index is 7.35. The first-order chi connectivity index (χ1) is 7.15. The van der Waals surface area contributed by atoms with Gasteiger partial charge in [-0.25, -0.2) is 0 Å². The quantitative estimate of drug-likeness (QED) is 0.475. The summed E-state index contributed by atoms with van der Waals surface area (Å²) in [5.41, 5.74) is 5.95. The number of nitrogens with one attached hydrogen (secondary N) is 2. The third-order valence-corrected chi connectivity index (χ3v) is 1.97. The molecule has 1 aromatic heterocycles. The van der Waals surface area contributed by atoms with E-state index in [0.29, 0.717) is 17.9 Å². The first kappa shape index (κ1) is 11.4. The van der Waals surface area contributed by atoms with Crippen LogP contribution in [-0.4, -0.2) is 35.8 Å². The number of aromatic nitrogens is 2. The van der Waals surface area contributed by atoms with Crippen molar-refractivity contribution in [2.45, 2.75) is 13.0 Å². The van der Waals surface area contributed by atoms with Gasteiger partial charge in [-0.2, -0.15) is 5.10 Å². The Morgan fingerprint density at radius 3 is 3.07 bits per heavy atom. The van der Waals surface area contributed by atoms with Gasteiger partial charge in [0.15, 0.2) is 5.82 Å². The minimum Gasteiger partial charge on any atom is -0.384 e. The van der Waals surface area contributed by atoms with E-state index in [2.05, 4.69) is 15.5 Å². The molecule has 6 heteroatoms. The van der Waals surface area contributed by atoms with Crippen molar-refractivity contribution < 1.29 is 4.74 Å². The Bertz CT molecular complexity index is 341. The van der Waals surface area contributed by atoms with Crippen LogP contribution in [-0.2, 0) is 4.74 Å². The second kappa shape index (κ2) is 5.26. The van der Waals surface area contributed by atoms with Crippen molar-refractivity contribution in [2.24, 2.45) is 5.73 Å². The van der Waals surface area contributed by atoms with Crippen LogP contribution < -0.4 is 11.1 Å². The molecule has 1 heterocycles. The van der Waals surface area contributed by atoms with Gasteiger partial charge >= 0.3 is 0 Å². The first-order valence-corrected chi connectivity index (χ1v) is 4.58. The highest BCUT2D eigenvalue weighted by Crippen LogP contribution is 2.08. The number of rotatable bonds is 5. The first-order valence-electron chi connectivity index (χ1n) is 4.58. The van der Waals surface area contributed by atoms with E-state index in [1.54, 1.807) is 13.2 Å². The van der Waals surface area contributed by atoms with Crippen LogP contribution in [0.5, 0.6) is 0 Å². The molecule has 1 aromatic rings. The largest absolute Gasteiger partial charge is 0.384 e. The lowest BCUT2D eigenvalue weighted by molar-refractivity contribution is 0.128. The highest BCUT2D eigenvalue weighted by molar-refractivity contribution is 5.99. The van der Waals surface area contributed by atoms with E-state index < -0.39 is 0 Å². The number of nitrogens with two attached hydrogens (primary N) is 1. The van der Waals surface area contributed by atoms with Gasteiger partial charge in [0.1, 0.15) is 5.84 Å². The van der Waals surface area contributed by atoms with Crippen molar-refractivity contribution in [3.8, 4) is 0 Å². The number of anilines is 1. The molecule has 0 aliphatic rings. The smallest absolute Gasteiger partial charge is 0.159 e. The summed E-state index contributed by atoms with van der Waals surface area (Å²) in [6.07, 6.45) is 1.56. The molecule has 0 saturated carbocycles. The zero-order valence-electron chi connectivity index (χ0n) is 8.82. The molecule has 0 aliphatic heterocycles. The second-order valence-corrected chi connectivity index (χ2v) is 3.13. The molecule has 1 unspecified atom stereocenters. The van der Waals surface area contributed by atoms with Gasteiger partial charge in [-0.1, -0.05) is 0 Å². The van der Waals surface area contributed by atoms with E-state index in [-0.39, 0.29) is 11.9 Å². The molecule has 6 nitrogen and oxygen atoms in total. The molecule has 82 valence electrons. The molecule has 0 aromatic carbocycles. The summed E-state index contributed by atoms with van der Waals surface area (Å²) >= 11 is 0. The summed E-state index contributed by atoms with van der Waals surface area (Å²) in [6, 6.07) is 1.65. The number of hydrogen-bond acceptors (Lipinski definition) is 5. The molecule has 4 N–H and O–H groups in total. The van der Waals surface area contributed by atoms with Gasteiger partial charge in [0.05, 0.1) is 17.9 Å². The Morgan fingerprint density at radius 2 is 2.47 bits per heavy atom. The second-order valence-electron chi connectivity index (χ2n) is 3.13. The predicted octanol–water partition coefficient (Wildman–Crippen LogP) is 0.207. The topological polar surface area (TPSA) is 96.9 Å². The Kier molecular flexibility index (Phi) is 3.99. The SMILES string of the molecule is COC(C)CNc1nnccc1C(=N)N. The normalized spacial score (nSPS) is 12.1. The van der Waals surface area contributed by atoms with Gasteiger partial charge in [0.25, 0.3) is 0 Å². The van der Waals surface area contributed by atoms with E-state index >= 15 is 0 Å². The van der Waals surface area contributed by atoms with Crippen molar-refractivity contribution >= 4 is 11.7 Å². The molecule has 0 amide bonds. The summed E-state index contributed by atoms with van der Waals surface area (Å²) in [4.78, 5) is 0. The third kappa shape index (κ3) is 3.17. The van der Waals surface area contributed by atoms with Crippen LogP contribution in [0.25, 0.3) is 0 Å². The van der Waals surface area contributed by atoms with E-state index in [1.807, 2.05) is 6.92 Å². The molecule has 1 rings (SSSR count). The van der Waals surface area contributed by atoms with E-state index in [1.165, 1.54) is 6.20 Å². The van der Waals surface area contributed by atoms with Gasteiger partial charge in [-0.3, -0.25) is 5.41 Å². The van der Waals surface area contributed by atoms with E-state index in [4.69, 9.17) is 15.9 Å². The maximum absolute atomic E-state index is 7.35. The Balaban J connectivity index is 2.72. The minimum absolute atomic E-state index is 0.0301. The molecule has 0 spiro atoms. The molecule has 0 fully saturated rings. The summed E-state index contributed by atoms with van der Waals surface area (Å²) in [6.45, 7) is 2.52. The van der Waals surface area contributed by atoms with Crippen molar-refractivity contribution in [3.63, 3.8) is 0 Å². The highest BCUT2D eigenvalue weighted by atomic mass is 16.5. The van der Waals surface area contributed by atoms with Crippen molar-refractivity contribution in [1.82, 2.24) is 10.2 Å². The zero-order chi connectivity index (χ0) is 11.3. The molecule has 0 aliphatic carbocycles. The Hall–Kier alpha value is -1.69. The summed E-state index contributed by atoms with van der Waals surface area (Å²) in [5.74, 6) is 0.478. The Labute approximate surface area is 88.4 Å². The molecule has 0 bridgehead atoms. The molecule has 0 radical (unpaired) electrons. The van der Waals surface area contributed by atoms with Crippen LogP contribution in [0.15, 0.2) is 12.3 Å². The number of hydrogen-bond donors (Lipinski definition) is 3. The van der Waals surface area contributed by atoms with Crippen LogP contribution in [0.4, 0.5) is 5.82 Å². The lowest BCUT2D eigenvalue weighted by atomic mass is 10.2. The molecular formula is C9H15N5O. The predicted molar refractivity (Wildman–Crippen MR) is 58.0 cm³/mol. The van der Waals surface area contributed by atoms with E-state index in [0.717, 1.165) is 0 Å². The number of methoxy groups -OCH3 is 1. The standard InChI is InChI=1S/C9H15N5O/c1-6(15-2)5-12-9-7(8(10)11)3-4-13-14-9/h3-4,6H,5H2,1-2H3,(H3,10,11)(H,12,14). The van der Waals surface area contributed by atoms with Gasteiger partial charge in [-0.05, 0) is 13.0 Å². The lowest BCUT2D eigenvalue weighted by Crippen LogP contribution is -2.22. The third-order valence-electron chi connectivity index (χ3n) is 1.97. The minimum atomic E-state index is -0.0301. The fourth-order valence-electron chi connectivity index (χ4n) is 1.00. The average Bonchev–Trinajstić information content (AvgIpc) is 2.26. The van der Waals surface area contributed by atoms with Crippen LogP contribution in [0.1, 0.15) is 12.5 Å². The number of amidine groups is 1. The van der Waals surface area contributed by atoms with Gasteiger partial charge in [-0.15, -0.1) is 5.10 Å². The van der Waals surface area contributed by atoms with Crippen LogP contribution in [0, 0.1) is 5.41 Å². The van der Waals surface area contributed by atoms with Crippen LogP contribution in [0.2, 0.25) is 0 Å². The van der Waals surface area contributed by atoms with Crippen molar-refractivity contribution in [2.75, 3.05) is 19.0 Å². The zero-order valence-corrected chi connectivity index (χ0v) is 8.82. The lowest BCUT2D eigenvalue weighted by Gasteiger charge is -2.12.